The number of hydrogen-bond donors (Lipinski definition) is 1. The lowest BCUT2D eigenvalue weighted by Crippen LogP contribution is -2.13. The molecule has 0 aliphatic heterocycles. The molecule has 1 amide bonds. The van der Waals surface area contributed by atoms with Crippen molar-refractivity contribution >= 4 is 33.4 Å². The van der Waals surface area contributed by atoms with Gasteiger partial charge in [-0.25, -0.2) is 0 Å². The number of aromatic nitrogens is 1. The van der Waals surface area contributed by atoms with Crippen LogP contribution in [0.15, 0.2) is 60.7 Å². The molecular weight excluding hydrogens is 308 g/mol. The van der Waals surface area contributed by atoms with Crippen molar-refractivity contribution in [3.05, 3.63) is 77.4 Å². The smallest absolute Gasteiger partial charge is 0.255 e. The molecule has 0 saturated carbocycles. The highest BCUT2D eigenvalue weighted by Gasteiger charge is 2.18. The van der Waals surface area contributed by atoms with E-state index in [4.69, 9.17) is 0 Å². The standard InChI is InChI=1S/C22H20N2O/c1-14-13-15(2)20(23-22(25)16-9-5-4-6-10-16)21-19(14)17-11-7-8-12-18(17)24(21)3/h4-13H,1-3H3,(H,23,25). The zero-order valence-electron chi connectivity index (χ0n) is 14.6. The quantitative estimate of drug-likeness (QED) is 0.539. The molecule has 0 aliphatic rings. The second-order valence-corrected chi connectivity index (χ2v) is 6.51. The van der Waals surface area contributed by atoms with Gasteiger partial charge in [0.1, 0.15) is 0 Å². The highest BCUT2D eigenvalue weighted by Crippen LogP contribution is 2.37. The van der Waals surface area contributed by atoms with Crippen LogP contribution in [0, 0.1) is 13.8 Å². The number of anilines is 1. The average molecular weight is 328 g/mol. The summed E-state index contributed by atoms with van der Waals surface area (Å²) < 4.78 is 2.17. The molecule has 3 nitrogen and oxygen atoms in total. The maximum atomic E-state index is 12.7. The lowest BCUT2D eigenvalue weighted by atomic mass is 10.0. The first kappa shape index (κ1) is 15.5. The van der Waals surface area contributed by atoms with E-state index in [0.29, 0.717) is 5.56 Å². The van der Waals surface area contributed by atoms with Crippen molar-refractivity contribution in [3.63, 3.8) is 0 Å². The molecule has 1 N–H and O–H groups in total. The summed E-state index contributed by atoms with van der Waals surface area (Å²) >= 11 is 0. The third kappa shape index (κ3) is 2.40. The number of nitrogens with zero attached hydrogens (tertiary/aromatic N) is 1. The fourth-order valence-electron chi connectivity index (χ4n) is 3.67. The molecule has 1 aromatic heterocycles. The number of para-hydroxylation sites is 1. The molecule has 0 unspecified atom stereocenters. The van der Waals surface area contributed by atoms with Crippen LogP contribution < -0.4 is 5.32 Å². The van der Waals surface area contributed by atoms with Crippen LogP contribution in [0.2, 0.25) is 0 Å². The minimum atomic E-state index is -0.0842. The van der Waals surface area contributed by atoms with Gasteiger partial charge in [0.15, 0.2) is 0 Å². The first-order chi connectivity index (χ1) is 12.1. The number of fused-ring (bicyclic) bond motifs is 3. The van der Waals surface area contributed by atoms with Gasteiger partial charge >= 0.3 is 0 Å². The average Bonchev–Trinajstić information content (AvgIpc) is 2.93. The number of nitrogens with one attached hydrogen (secondary N) is 1. The maximum Gasteiger partial charge on any atom is 0.255 e. The Kier molecular flexibility index (Phi) is 3.57. The number of carbonyl (C=O) groups excluding carboxylic acids is 1. The van der Waals surface area contributed by atoms with Crippen LogP contribution in [-0.2, 0) is 7.05 Å². The minimum Gasteiger partial charge on any atom is -0.342 e. The molecule has 0 spiro atoms. The minimum absolute atomic E-state index is 0.0842. The Bertz CT molecular complexity index is 1110. The molecule has 0 atom stereocenters. The largest absolute Gasteiger partial charge is 0.342 e. The summed E-state index contributed by atoms with van der Waals surface area (Å²) in [6.45, 7) is 4.18. The van der Waals surface area contributed by atoms with E-state index in [1.165, 1.54) is 21.9 Å². The van der Waals surface area contributed by atoms with Crippen LogP contribution in [0.4, 0.5) is 5.69 Å². The summed E-state index contributed by atoms with van der Waals surface area (Å²) in [5, 5.41) is 5.56. The Labute approximate surface area is 146 Å². The van der Waals surface area contributed by atoms with Crippen molar-refractivity contribution < 1.29 is 4.79 Å². The van der Waals surface area contributed by atoms with E-state index < -0.39 is 0 Å². The first-order valence-corrected chi connectivity index (χ1v) is 8.41. The molecule has 25 heavy (non-hydrogen) atoms. The number of aryl methyl sites for hydroxylation is 3. The highest BCUT2D eigenvalue weighted by molar-refractivity contribution is 6.17. The predicted molar refractivity (Wildman–Crippen MR) is 104 cm³/mol. The number of hydrogen-bond acceptors (Lipinski definition) is 1. The highest BCUT2D eigenvalue weighted by atomic mass is 16.1. The summed E-state index contributed by atoms with van der Waals surface area (Å²) in [5.74, 6) is -0.0842. The van der Waals surface area contributed by atoms with Gasteiger partial charge in [0.25, 0.3) is 5.91 Å². The maximum absolute atomic E-state index is 12.7. The van der Waals surface area contributed by atoms with Gasteiger partial charge in [-0.1, -0.05) is 42.5 Å². The number of rotatable bonds is 2. The molecular formula is C22H20N2O. The number of amides is 1. The SMILES string of the molecule is Cc1cc(C)c2c3ccccc3n(C)c2c1NC(=O)c1ccccc1. The molecule has 124 valence electrons. The van der Waals surface area contributed by atoms with Crippen molar-refractivity contribution in [2.24, 2.45) is 7.05 Å². The Morgan fingerprint density at radius 2 is 1.60 bits per heavy atom. The molecule has 3 aromatic carbocycles. The van der Waals surface area contributed by atoms with Crippen LogP contribution in [-0.4, -0.2) is 10.5 Å². The molecule has 0 saturated heterocycles. The predicted octanol–water partition coefficient (Wildman–Crippen LogP) is 5.20. The summed E-state index contributed by atoms with van der Waals surface area (Å²) in [6.07, 6.45) is 0. The van der Waals surface area contributed by atoms with Crippen molar-refractivity contribution in [2.75, 3.05) is 5.32 Å². The zero-order chi connectivity index (χ0) is 17.6. The third-order valence-electron chi connectivity index (χ3n) is 4.84. The van der Waals surface area contributed by atoms with Crippen LogP contribution in [0.5, 0.6) is 0 Å². The van der Waals surface area contributed by atoms with Crippen LogP contribution >= 0.6 is 0 Å². The molecule has 1 heterocycles. The third-order valence-corrected chi connectivity index (χ3v) is 4.84. The fourth-order valence-corrected chi connectivity index (χ4v) is 3.67. The van der Waals surface area contributed by atoms with Crippen molar-refractivity contribution in [1.29, 1.82) is 0 Å². The van der Waals surface area contributed by atoms with E-state index in [2.05, 4.69) is 48.1 Å². The molecule has 4 aromatic rings. The van der Waals surface area contributed by atoms with Gasteiger partial charge in [-0.15, -0.1) is 0 Å². The molecule has 0 fully saturated rings. The lowest BCUT2D eigenvalue weighted by Gasteiger charge is -2.13. The number of carbonyl (C=O) groups is 1. The molecule has 0 bridgehead atoms. The van der Waals surface area contributed by atoms with E-state index in [-0.39, 0.29) is 5.91 Å². The van der Waals surface area contributed by atoms with Gasteiger partial charge in [0.05, 0.1) is 11.2 Å². The van der Waals surface area contributed by atoms with Crippen LogP contribution in [0.3, 0.4) is 0 Å². The molecule has 0 radical (unpaired) electrons. The Hall–Kier alpha value is -3.07. The molecule has 0 aliphatic carbocycles. The van der Waals surface area contributed by atoms with Gasteiger partial charge in [0.2, 0.25) is 0 Å². The summed E-state index contributed by atoms with van der Waals surface area (Å²) in [5.41, 5.74) is 6.08. The zero-order valence-corrected chi connectivity index (χ0v) is 14.6. The summed E-state index contributed by atoms with van der Waals surface area (Å²) in [4.78, 5) is 12.7. The fraction of sp³-hybridized carbons (Fsp3) is 0.136. The Morgan fingerprint density at radius 3 is 2.36 bits per heavy atom. The summed E-state index contributed by atoms with van der Waals surface area (Å²) in [6, 6.07) is 19.8. The van der Waals surface area contributed by atoms with E-state index in [1.54, 1.807) is 0 Å². The van der Waals surface area contributed by atoms with Crippen LogP contribution in [0.25, 0.3) is 21.8 Å². The van der Waals surface area contributed by atoms with Gasteiger partial charge in [-0.3, -0.25) is 4.79 Å². The van der Waals surface area contributed by atoms with Gasteiger partial charge in [-0.05, 0) is 43.2 Å². The van der Waals surface area contributed by atoms with Crippen molar-refractivity contribution in [3.8, 4) is 0 Å². The second-order valence-electron chi connectivity index (χ2n) is 6.51. The topological polar surface area (TPSA) is 34.0 Å². The van der Waals surface area contributed by atoms with Crippen molar-refractivity contribution in [2.45, 2.75) is 13.8 Å². The van der Waals surface area contributed by atoms with E-state index >= 15 is 0 Å². The van der Waals surface area contributed by atoms with E-state index in [1.807, 2.05) is 43.3 Å². The van der Waals surface area contributed by atoms with Gasteiger partial charge in [0, 0.05) is 28.9 Å². The van der Waals surface area contributed by atoms with Gasteiger partial charge < -0.3 is 9.88 Å². The summed E-state index contributed by atoms with van der Waals surface area (Å²) in [7, 11) is 2.06. The van der Waals surface area contributed by atoms with E-state index in [9.17, 15) is 4.79 Å². The van der Waals surface area contributed by atoms with Crippen molar-refractivity contribution in [1.82, 2.24) is 4.57 Å². The lowest BCUT2D eigenvalue weighted by molar-refractivity contribution is 0.102. The Balaban J connectivity index is 1.96. The molecule has 3 heteroatoms. The molecule has 4 rings (SSSR count). The Morgan fingerprint density at radius 1 is 0.920 bits per heavy atom. The van der Waals surface area contributed by atoms with Gasteiger partial charge in [-0.2, -0.15) is 0 Å². The number of benzene rings is 3. The monoisotopic (exact) mass is 328 g/mol. The van der Waals surface area contributed by atoms with E-state index in [0.717, 1.165) is 16.8 Å². The first-order valence-electron chi connectivity index (χ1n) is 8.41. The normalized spacial score (nSPS) is 11.2. The second kappa shape index (κ2) is 5.78. The van der Waals surface area contributed by atoms with Crippen LogP contribution in [0.1, 0.15) is 21.5 Å².